The van der Waals surface area contributed by atoms with Crippen molar-refractivity contribution in [1.82, 2.24) is 0 Å². The van der Waals surface area contributed by atoms with E-state index < -0.39 is 0 Å². The van der Waals surface area contributed by atoms with E-state index in [1.807, 2.05) is 6.07 Å². The van der Waals surface area contributed by atoms with E-state index in [0.717, 1.165) is 0 Å². The van der Waals surface area contributed by atoms with Gasteiger partial charge in [0, 0.05) is 22.5 Å². The molecule has 0 bridgehead atoms. The van der Waals surface area contributed by atoms with Crippen molar-refractivity contribution in [3.8, 4) is 5.75 Å². The number of aromatic hydroxyl groups is 1. The van der Waals surface area contributed by atoms with Gasteiger partial charge < -0.3 is 15.7 Å². The lowest BCUT2D eigenvalue weighted by molar-refractivity contribution is 0.101. The molecule has 3 aromatic carbocycles. The zero-order chi connectivity index (χ0) is 17.6. The van der Waals surface area contributed by atoms with Gasteiger partial charge >= 0.3 is 0 Å². The molecule has 0 fully saturated rings. The normalized spacial score (nSPS) is 10.1. The number of phenolic OH excluding ortho intramolecular Hbond substituents is 1. The summed E-state index contributed by atoms with van der Waals surface area (Å²) in [4.78, 5) is 24.2. The predicted octanol–water partition coefficient (Wildman–Crippen LogP) is 3.90. The zero-order valence-corrected chi connectivity index (χ0v) is 13.3. The van der Waals surface area contributed by atoms with Gasteiger partial charge in [0.15, 0.2) is 0 Å². The minimum atomic E-state index is -0.277. The van der Waals surface area contributed by atoms with Gasteiger partial charge in [0.05, 0.1) is 0 Å². The van der Waals surface area contributed by atoms with E-state index in [-0.39, 0.29) is 17.6 Å². The van der Waals surface area contributed by atoms with Crippen LogP contribution in [0.2, 0.25) is 0 Å². The number of nitrogens with one attached hydrogen (secondary N) is 2. The largest absolute Gasteiger partial charge is 0.508 e. The molecule has 3 aromatic rings. The molecule has 0 aromatic heterocycles. The first-order valence-corrected chi connectivity index (χ1v) is 7.69. The second kappa shape index (κ2) is 7.31. The van der Waals surface area contributed by atoms with Crippen molar-refractivity contribution in [2.45, 2.75) is 0 Å². The number of hydrogen-bond donors (Lipinski definition) is 3. The molecule has 5 heteroatoms. The number of carbonyl (C=O) groups is 2. The SMILES string of the molecule is O=C(Nc1ccc(NC(=O)c2ccc(O)cc2)cc1)c1ccccc1. The van der Waals surface area contributed by atoms with E-state index in [2.05, 4.69) is 10.6 Å². The van der Waals surface area contributed by atoms with Crippen LogP contribution in [0.3, 0.4) is 0 Å². The molecule has 3 N–H and O–H groups in total. The Morgan fingerprint density at radius 3 is 1.52 bits per heavy atom. The standard InChI is InChI=1S/C20H16N2O3/c23-18-12-6-15(7-13-18)20(25)22-17-10-8-16(9-11-17)21-19(24)14-4-2-1-3-5-14/h1-13,23H,(H,21,24)(H,22,25). The molecule has 0 spiro atoms. The molecule has 25 heavy (non-hydrogen) atoms. The molecule has 0 atom stereocenters. The van der Waals surface area contributed by atoms with Crippen molar-refractivity contribution in [1.29, 1.82) is 0 Å². The van der Waals surface area contributed by atoms with Crippen molar-refractivity contribution in [3.05, 3.63) is 90.0 Å². The van der Waals surface area contributed by atoms with E-state index in [4.69, 9.17) is 0 Å². The molecular formula is C20H16N2O3. The van der Waals surface area contributed by atoms with Crippen LogP contribution in [0.5, 0.6) is 5.75 Å². The topological polar surface area (TPSA) is 78.4 Å². The maximum atomic E-state index is 12.1. The quantitative estimate of drug-likeness (QED) is 0.678. The number of anilines is 2. The molecule has 2 amide bonds. The van der Waals surface area contributed by atoms with E-state index in [9.17, 15) is 14.7 Å². The second-order valence-corrected chi connectivity index (χ2v) is 5.40. The number of amides is 2. The van der Waals surface area contributed by atoms with Gasteiger partial charge in [-0.05, 0) is 60.7 Å². The highest BCUT2D eigenvalue weighted by atomic mass is 16.3. The van der Waals surface area contributed by atoms with Crippen LogP contribution in [0.15, 0.2) is 78.9 Å². The number of carbonyl (C=O) groups excluding carboxylic acids is 2. The van der Waals surface area contributed by atoms with Gasteiger partial charge in [0.2, 0.25) is 0 Å². The van der Waals surface area contributed by atoms with Gasteiger partial charge in [-0.15, -0.1) is 0 Å². The Labute approximate surface area is 144 Å². The Bertz CT molecular complexity index is 873. The van der Waals surface area contributed by atoms with Crippen LogP contribution < -0.4 is 10.6 Å². The first kappa shape index (κ1) is 16.3. The van der Waals surface area contributed by atoms with Crippen LogP contribution in [-0.4, -0.2) is 16.9 Å². The smallest absolute Gasteiger partial charge is 0.255 e. The van der Waals surface area contributed by atoms with Gasteiger partial charge in [0.1, 0.15) is 5.75 Å². The average Bonchev–Trinajstić information content (AvgIpc) is 2.64. The lowest BCUT2D eigenvalue weighted by Crippen LogP contribution is -2.13. The molecule has 0 saturated heterocycles. The number of hydrogen-bond acceptors (Lipinski definition) is 3. The van der Waals surface area contributed by atoms with Gasteiger partial charge in [-0.3, -0.25) is 9.59 Å². The molecule has 0 unspecified atom stereocenters. The number of benzene rings is 3. The highest BCUT2D eigenvalue weighted by Crippen LogP contribution is 2.16. The van der Waals surface area contributed by atoms with Gasteiger partial charge in [0.25, 0.3) is 11.8 Å². The Morgan fingerprint density at radius 2 is 1.04 bits per heavy atom. The van der Waals surface area contributed by atoms with Crippen LogP contribution >= 0.6 is 0 Å². The Morgan fingerprint density at radius 1 is 0.600 bits per heavy atom. The third kappa shape index (κ3) is 4.23. The summed E-state index contributed by atoms with van der Waals surface area (Å²) in [6.07, 6.45) is 0. The third-order valence-electron chi connectivity index (χ3n) is 3.57. The molecule has 0 aliphatic carbocycles. The van der Waals surface area contributed by atoms with Crippen LogP contribution in [0.4, 0.5) is 11.4 Å². The maximum absolute atomic E-state index is 12.1. The van der Waals surface area contributed by atoms with Crippen LogP contribution in [-0.2, 0) is 0 Å². The van der Waals surface area contributed by atoms with Crippen LogP contribution in [0.1, 0.15) is 20.7 Å². The van der Waals surface area contributed by atoms with Gasteiger partial charge in [-0.1, -0.05) is 18.2 Å². The molecule has 0 aliphatic rings. The monoisotopic (exact) mass is 332 g/mol. The fourth-order valence-electron chi connectivity index (χ4n) is 2.25. The summed E-state index contributed by atoms with van der Waals surface area (Å²) in [6.45, 7) is 0. The van der Waals surface area contributed by atoms with Gasteiger partial charge in [-0.25, -0.2) is 0 Å². The highest BCUT2D eigenvalue weighted by molar-refractivity contribution is 6.05. The Kier molecular flexibility index (Phi) is 4.76. The average molecular weight is 332 g/mol. The summed E-state index contributed by atoms with van der Waals surface area (Å²) in [5, 5.41) is 14.8. The summed E-state index contributed by atoms with van der Waals surface area (Å²) >= 11 is 0. The Hall–Kier alpha value is -3.60. The van der Waals surface area contributed by atoms with Crippen LogP contribution in [0, 0.1) is 0 Å². The van der Waals surface area contributed by atoms with Gasteiger partial charge in [-0.2, -0.15) is 0 Å². The van der Waals surface area contributed by atoms with Crippen molar-refractivity contribution in [2.24, 2.45) is 0 Å². The summed E-state index contributed by atoms with van der Waals surface area (Å²) < 4.78 is 0. The van der Waals surface area contributed by atoms with Crippen molar-refractivity contribution < 1.29 is 14.7 Å². The summed E-state index contributed by atoms with van der Waals surface area (Å²) in [7, 11) is 0. The fourth-order valence-corrected chi connectivity index (χ4v) is 2.25. The van der Waals surface area contributed by atoms with E-state index >= 15 is 0 Å². The minimum Gasteiger partial charge on any atom is -0.508 e. The van der Waals surface area contributed by atoms with Crippen molar-refractivity contribution in [2.75, 3.05) is 10.6 Å². The lowest BCUT2D eigenvalue weighted by Gasteiger charge is -2.08. The van der Waals surface area contributed by atoms with Crippen molar-refractivity contribution >= 4 is 23.2 Å². The molecular weight excluding hydrogens is 316 g/mol. The molecule has 0 heterocycles. The molecule has 124 valence electrons. The summed E-state index contributed by atoms with van der Waals surface area (Å²) in [5.41, 5.74) is 2.26. The van der Waals surface area contributed by atoms with E-state index in [1.165, 1.54) is 12.1 Å². The van der Waals surface area contributed by atoms with E-state index in [1.54, 1.807) is 60.7 Å². The first-order chi connectivity index (χ1) is 12.1. The fraction of sp³-hybridized carbons (Fsp3) is 0. The van der Waals surface area contributed by atoms with E-state index in [0.29, 0.717) is 22.5 Å². The molecule has 5 nitrogen and oxygen atoms in total. The molecule has 0 saturated carbocycles. The van der Waals surface area contributed by atoms with Crippen molar-refractivity contribution in [3.63, 3.8) is 0 Å². The minimum absolute atomic E-state index is 0.107. The maximum Gasteiger partial charge on any atom is 0.255 e. The second-order valence-electron chi connectivity index (χ2n) is 5.40. The molecule has 0 aliphatic heterocycles. The highest BCUT2D eigenvalue weighted by Gasteiger charge is 2.07. The molecule has 0 radical (unpaired) electrons. The first-order valence-electron chi connectivity index (χ1n) is 7.69. The number of rotatable bonds is 4. The molecule has 3 rings (SSSR count). The number of phenols is 1. The zero-order valence-electron chi connectivity index (χ0n) is 13.3. The predicted molar refractivity (Wildman–Crippen MR) is 96.9 cm³/mol. The van der Waals surface area contributed by atoms with Crippen LogP contribution in [0.25, 0.3) is 0 Å². The third-order valence-corrected chi connectivity index (χ3v) is 3.57. The lowest BCUT2D eigenvalue weighted by atomic mass is 10.2. The summed E-state index contributed by atoms with van der Waals surface area (Å²) in [6, 6.07) is 21.8. The Balaban J connectivity index is 1.63. The summed E-state index contributed by atoms with van der Waals surface area (Å²) in [5.74, 6) is -0.363.